The molecular weight excluding hydrogens is 276 g/mol. The number of sulfonamides is 1. The van der Waals surface area contributed by atoms with Crippen LogP contribution in [0.3, 0.4) is 0 Å². The van der Waals surface area contributed by atoms with E-state index in [2.05, 4.69) is 10.0 Å². The van der Waals surface area contributed by atoms with Crippen LogP contribution in [0.4, 0.5) is 5.69 Å². The molecule has 0 aliphatic carbocycles. The highest BCUT2D eigenvalue weighted by Crippen LogP contribution is 2.21. The molecule has 0 heterocycles. The van der Waals surface area contributed by atoms with Gasteiger partial charge < -0.3 is 5.32 Å². The Morgan fingerprint density at radius 1 is 1.33 bits per heavy atom. The lowest BCUT2D eigenvalue weighted by atomic mass is 10.2. The van der Waals surface area contributed by atoms with Crippen molar-refractivity contribution < 1.29 is 13.2 Å². The largest absolute Gasteiger partial charge is 0.355 e. The normalized spacial score (nSPS) is 11.4. The van der Waals surface area contributed by atoms with E-state index < -0.39 is 15.3 Å². The molecule has 0 fully saturated rings. The summed E-state index contributed by atoms with van der Waals surface area (Å²) in [7, 11) is -1.96. The molecule has 100 valence electrons. The lowest BCUT2D eigenvalue weighted by molar-refractivity contribution is 0.0963. The summed E-state index contributed by atoms with van der Waals surface area (Å²) in [5, 5.41) is 2.14. The number of anilines is 1. The van der Waals surface area contributed by atoms with E-state index in [-0.39, 0.29) is 16.5 Å². The van der Waals surface area contributed by atoms with E-state index in [4.69, 9.17) is 11.6 Å². The van der Waals surface area contributed by atoms with Gasteiger partial charge in [-0.3, -0.25) is 9.52 Å². The lowest BCUT2D eigenvalue weighted by Gasteiger charge is -2.12. The fourth-order valence-corrected chi connectivity index (χ4v) is 2.07. The number of halogens is 1. The van der Waals surface area contributed by atoms with Crippen molar-refractivity contribution in [3.63, 3.8) is 0 Å². The minimum absolute atomic E-state index is 0.225. The van der Waals surface area contributed by atoms with Crippen LogP contribution in [0.2, 0.25) is 5.02 Å². The first-order chi connectivity index (χ1) is 8.27. The van der Waals surface area contributed by atoms with Gasteiger partial charge in [-0.1, -0.05) is 11.6 Å². The highest BCUT2D eigenvalue weighted by molar-refractivity contribution is 7.93. The van der Waals surface area contributed by atoms with Crippen molar-refractivity contribution in [3.8, 4) is 0 Å². The molecule has 0 aliphatic heterocycles. The van der Waals surface area contributed by atoms with Crippen LogP contribution in [-0.2, 0) is 10.0 Å². The van der Waals surface area contributed by atoms with Gasteiger partial charge >= 0.3 is 0 Å². The number of amides is 1. The molecule has 1 aromatic rings. The number of rotatable bonds is 4. The fraction of sp³-hybridized carbons (Fsp3) is 0.364. The summed E-state index contributed by atoms with van der Waals surface area (Å²) >= 11 is 5.87. The van der Waals surface area contributed by atoms with Gasteiger partial charge in [0.2, 0.25) is 10.0 Å². The van der Waals surface area contributed by atoms with Gasteiger partial charge in [-0.2, -0.15) is 0 Å². The molecule has 0 unspecified atom stereocenters. The Morgan fingerprint density at radius 2 is 1.94 bits per heavy atom. The van der Waals surface area contributed by atoms with Crippen LogP contribution in [0.25, 0.3) is 0 Å². The van der Waals surface area contributed by atoms with Crippen molar-refractivity contribution in [2.45, 2.75) is 19.1 Å². The quantitative estimate of drug-likeness (QED) is 0.888. The molecule has 0 radical (unpaired) electrons. The maximum atomic E-state index is 11.7. The second-order valence-corrected chi connectivity index (χ2v) is 6.61. The van der Waals surface area contributed by atoms with Gasteiger partial charge in [0, 0.05) is 12.7 Å². The Morgan fingerprint density at radius 3 is 2.44 bits per heavy atom. The zero-order valence-corrected chi connectivity index (χ0v) is 11.9. The first-order valence-corrected chi connectivity index (χ1v) is 7.23. The zero-order chi connectivity index (χ0) is 13.9. The van der Waals surface area contributed by atoms with Crippen LogP contribution in [0.1, 0.15) is 24.2 Å². The molecule has 1 amide bonds. The van der Waals surface area contributed by atoms with Gasteiger partial charge in [0.15, 0.2) is 0 Å². The molecule has 7 heteroatoms. The second kappa shape index (κ2) is 5.58. The summed E-state index contributed by atoms with van der Waals surface area (Å²) in [6.45, 7) is 3.13. The van der Waals surface area contributed by atoms with E-state index in [1.165, 1.54) is 25.2 Å². The number of benzene rings is 1. The van der Waals surface area contributed by atoms with Crippen LogP contribution in [0, 0.1) is 0 Å². The standard InChI is InChI=1S/C11H15ClN2O3S/c1-7(2)18(16,17)14-8-4-5-10(12)9(6-8)11(15)13-3/h4-7,14H,1-3H3,(H,13,15). The maximum Gasteiger partial charge on any atom is 0.252 e. The molecule has 0 spiro atoms. The average Bonchev–Trinajstić information content (AvgIpc) is 2.30. The summed E-state index contributed by atoms with van der Waals surface area (Å²) < 4.78 is 25.8. The minimum Gasteiger partial charge on any atom is -0.355 e. The van der Waals surface area contributed by atoms with Crippen molar-refractivity contribution in [2.75, 3.05) is 11.8 Å². The molecule has 5 nitrogen and oxygen atoms in total. The molecule has 0 saturated heterocycles. The van der Waals surface area contributed by atoms with Crippen LogP contribution in [0.5, 0.6) is 0 Å². The molecule has 0 atom stereocenters. The Bertz CT molecular complexity index is 555. The molecule has 0 aliphatic rings. The van der Waals surface area contributed by atoms with Gasteiger partial charge in [-0.25, -0.2) is 8.42 Å². The SMILES string of the molecule is CNC(=O)c1cc(NS(=O)(=O)C(C)C)ccc1Cl. The van der Waals surface area contributed by atoms with Gasteiger partial charge in [-0.05, 0) is 32.0 Å². The third-order valence-corrected chi connectivity index (χ3v) is 4.41. The number of nitrogens with one attached hydrogen (secondary N) is 2. The van der Waals surface area contributed by atoms with Crippen LogP contribution in [0.15, 0.2) is 18.2 Å². The molecule has 0 saturated carbocycles. The van der Waals surface area contributed by atoms with Crippen LogP contribution >= 0.6 is 11.6 Å². The molecule has 1 rings (SSSR count). The fourth-order valence-electron chi connectivity index (χ4n) is 1.18. The number of hydrogen-bond acceptors (Lipinski definition) is 3. The lowest BCUT2D eigenvalue weighted by Crippen LogP contribution is -2.23. The Kier molecular flexibility index (Phi) is 4.59. The molecule has 0 bridgehead atoms. The highest BCUT2D eigenvalue weighted by atomic mass is 35.5. The number of hydrogen-bond donors (Lipinski definition) is 2. The van der Waals surface area contributed by atoms with Crippen LogP contribution < -0.4 is 10.0 Å². The summed E-state index contributed by atoms with van der Waals surface area (Å²) in [5.41, 5.74) is 0.537. The number of carbonyl (C=O) groups excluding carboxylic acids is 1. The van der Waals surface area contributed by atoms with E-state index in [1.807, 2.05) is 0 Å². The molecule has 2 N–H and O–H groups in total. The monoisotopic (exact) mass is 290 g/mol. The van der Waals surface area contributed by atoms with Gasteiger partial charge in [0.05, 0.1) is 15.8 Å². The molecule has 0 aromatic heterocycles. The maximum absolute atomic E-state index is 11.7. The topological polar surface area (TPSA) is 75.3 Å². The second-order valence-electron chi connectivity index (χ2n) is 3.97. The van der Waals surface area contributed by atoms with Crippen LogP contribution in [-0.4, -0.2) is 26.6 Å². The summed E-state index contributed by atoms with van der Waals surface area (Å²) in [5.74, 6) is -0.370. The van der Waals surface area contributed by atoms with Crippen molar-refractivity contribution >= 4 is 33.2 Å². The Balaban J connectivity index is 3.11. The van der Waals surface area contributed by atoms with Gasteiger partial charge in [0.1, 0.15) is 0 Å². The first kappa shape index (κ1) is 14.8. The summed E-state index contributed by atoms with van der Waals surface area (Å²) in [4.78, 5) is 11.5. The van der Waals surface area contributed by atoms with E-state index in [9.17, 15) is 13.2 Å². The van der Waals surface area contributed by atoms with Crippen molar-refractivity contribution in [2.24, 2.45) is 0 Å². The van der Waals surface area contributed by atoms with Crippen molar-refractivity contribution in [1.82, 2.24) is 5.32 Å². The third kappa shape index (κ3) is 3.36. The third-order valence-electron chi connectivity index (χ3n) is 2.32. The van der Waals surface area contributed by atoms with E-state index in [0.717, 1.165) is 0 Å². The van der Waals surface area contributed by atoms with Crippen molar-refractivity contribution in [1.29, 1.82) is 0 Å². The van der Waals surface area contributed by atoms with Crippen molar-refractivity contribution in [3.05, 3.63) is 28.8 Å². The van der Waals surface area contributed by atoms with Gasteiger partial charge in [0.25, 0.3) is 5.91 Å². The van der Waals surface area contributed by atoms with E-state index in [0.29, 0.717) is 5.69 Å². The summed E-state index contributed by atoms with van der Waals surface area (Å²) in [6.07, 6.45) is 0. The smallest absolute Gasteiger partial charge is 0.252 e. The first-order valence-electron chi connectivity index (χ1n) is 5.31. The molecule has 1 aromatic carbocycles. The molecule has 18 heavy (non-hydrogen) atoms. The van der Waals surface area contributed by atoms with E-state index >= 15 is 0 Å². The highest BCUT2D eigenvalue weighted by Gasteiger charge is 2.17. The molecular formula is C11H15ClN2O3S. The Hall–Kier alpha value is -1.27. The van der Waals surface area contributed by atoms with Gasteiger partial charge in [-0.15, -0.1) is 0 Å². The summed E-state index contributed by atoms with van der Waals surface area (Å²) in [6, 6.07) is 4.39. The van der Waals surface area contributed by atoms with E-state index in [1.54, 1.807) is 13.8 Å². The predicted octanol–water partition coefficient (Wildman–Crippen LogP) is 1.85. The average molecular weight is 291 g/mol. The predicted molar refractivity (Wildman–Crippen MR) is 72.5 cm³/mol. The Labute approximate surface area is 112 Å². The zero-order valence-electron chi connectivity index (χ0n) is 10.3. The minimum atomic E-state index is -3.44. The number of carbonyl (C=O) groups is 1.